The van der Waals surface area contributed by atoms with Crippen molar-refractivity contribution in [3.8, 4) is 0 Å². The average Bonchev–Trinajstić information content (AvgIpc) is 2.94. The molecule has 0 bridgehead atoms. The molecule has 1 aromatic carbocycles. The van der Waals surface area contributed by atoms with Gasteiger partial charge in [-0.15, -0.1) is 0 Å². The molecule has 0 amide bonds. The number of aliphatic hydroxyl groups excluding tert-OH is 1. The Balaban J connectivity index is 1.91. The Kier molecular flexibility index (Phi) is 3.94. The van der Waals surface area contributed by atoms with E-state index in [2.05, 4.69) is 4.90 Å². The van der Waals surface area contributed by atoms with Gasteiger partial charge in [-0.2, -0.15) is 0 Å². The van der Waals surface area contributed by atoms with Gasteiger partial charge in [0.1, 0.15) is 0 Å². The summed E-state index contributed by atoms with van der Waals surface area (Å²) in [4.78, 5) is 14.9. The smallest absolute Gasteiger partial charge is 0.273 e. The largest absolute Gasteiger partial charge is 0.391 e. The second kappa shape index (κ2) is 5.87. The van der Waals surface area contributed by atoms with E-state index >= 15 is 0 Å². The lowest BCUT2D eigenvalue weighted by Crippen LogP contribution is -2.36. The van der Waals surface area contributed by atoms with Crippen molar-refractivity contribution in [2.75, 3.05) is 49.2 Å². The molecule has 1 N–H and O–H groups in total. The van der Waals surface area contributed by atoms with E-state index in [1.807, 2.05) is 11.0 Å². The summed E-state index contributed by atoms with van der Waals surface area (Å²) in [5.74, 6) is 0. The fraction of sp³-hybridized carbons (Fsp3) is 0.571. The highest BCUT2D eigenvalue weighted by molar-refractivity contribution is 5.66. The van der Waals surface area contributed by atoms with E-state index < -0.39 is 0 Å². The quantitative estimate of drug-likeness (QED) is 0.661. The van der Waals surface area contributed by atoms with E-state index in [1.165, 1.54) is 0 Å². The van der Waals surface area contributed by atoms with Crippen LogP contribution in [0.5, 0.6) is 0 Å². The number of hydrogen-bond acceptors (Lipinski definition) is 6. The number of anilines is 2. The van der Waals surface area contributed by atoms with Crippen LogP contribution in [0.4, 0.5) is 17.1 Å². The van der Waals surface area contributed by atoms with Gasteiger partial charge < -0.3 is 19.6 Å². The van der Waals surface area contributed by atoms with Gasteiger partial charge in [0.15, 0.2) is 0 Å². The van der Waals surface area contributed by atoms with Gasteiger partial charge in [0.25, 0.3) is 5.69 Å². The highest BCUT2D eigenvalue weighted by Gasteiger charge is 2.24. The Bertz CT molecular complexity index is 508. The van der Waals surface area contributed by atoms with Crippen molar-refractivity contribution in [2.24, 2.45) is 0 Å². The molecule has 2 heterocycles. The predicted molar refractivity (Wildman–Crippen MR) is 79.0 cm³/mol. The first-order valence-corrected chi connectivity index (χ1v) is 7.18. The number of nitro groups is 1. The number of non-ortho nitro benzene ring substituents is 1. The van der Waals surface area contributed by atoms with Crippen LogP contribution in [-0.4, -0.2) is 55.5 Å². The molecule has 0 spiro atoms. The lowest BCUT2D eigenvalue weighted by Gasteiger charge is -2.30. The van der Waals surface area contributed by atoms with Crippen LogP contribution in [0.25, 0.3) is 0 Å². The van der Waals surface area contributed by atoms with Gasteiger partial charge in [-0.3, -0.25) is 10.1 Å². The van der Waals surface area contributed by atoms with Crippen LogP contribution in [-0.2, 0) is 4.74 Å². The SMILES string of the molecule is O=[N+]([O-])c1cc(N2CCOCC2)cc(N2CC[C@H](O)C2)c1. The highest BCUT2D eigenvalue weighted by Crippen LogP contribution is 2.31. The van der Waals surface area contributed by atoms with Crippen LogP contribution < -0.4 is 9.80 Å². The molecular formula is C14H19N3O4. The van der Waals surface area contributed by atoms with Crippen molar-refractivity contribution in [1.82, 2.24) is 0 Å². The van der Waals surface area contributed by atoms with Crippen molar-refractivity contribution in [3.05, 3.63) is 28.3 Å². The van der Waals surface area contributed by atoms with Crippen LogP contribution in [0.1, 0.15) is 6.42 Å². The van der Waals surface area contributed by atoms with Crippen molar-refractivity contribution in [2.45, 2.75) is 12.5 Å². The van der Waals surface area contributed by atoms with E-state index in [9.17, 15) is 15.2 Å². The predicted octanol–water partition coefficient (Wildman–Crippen LogP) is 1.00. The van der Waals surface area contributed by atoms with Crippen molar-refractivity contribution in [3.63, 3.8) is 0 Å². The zero-order valence-corrected chi connectivity index (χ0v) is 11.8. The summed E-state index contributed by atoms with van der Waals surface area (Å²) < 4.78 is 5.32. The molecule has 114 valence electrons. The van der Waals surface area contributed by atoms with Crippen molar-refractivity contribution in [1.29, 1.82) is 0 Å². The van der Waals surface area contributed by atoms with Crippen LogP contribution in [0.3, 0.4) is 0 Å². The number of hydrogen-bond donors (Lipinski definition) is 1. The van der Waals surface area contributed by atoms with Gasteiger partial charge >= 0.3 is 0 Å². The molecule has 2 aliphatic heterocycles. The lowest BCUT2D eigenvalue weighted by atomic mass is 10.2. The molecule has 3 rings (SSSR count). The van der Waals surface area contributed by atoms with Crippen LogP contribution >= 0.6 is 0 Å². The van der Waals surface area contributed by atoms with Crippen molar-refractivity contribution < 1.29 is 14.8 Å². The molecular weight excluding hydrogens is 274 g/mol. The third kappa shape index (κ3) is 3.08. The number of β-amino-alcohol motifs (C(OH)–C–C–N with tert-alkyl or cyclic N) is 1. The summed E-state index contributed by atoms with van der Waals surface area (Å²) in [6.07, 6.45) is 0.353. The van der Waals surface area contributed by atoms with Gasteiger partial charge in [-0.25, -0.2) is 0 Å². The molecule has 7 heteroatoms. The van der Waals surface area contributed by atoms with E-state index in [0.29, 0.717) is 26.2 Å². The minimum absolute atomic E-state index is 0.0929. The van der Waals surface area contributed by atoms with Gasteiger partial charge in [-0.1, -0.05) is 0 Å². The second-order valence-electron chi connectivity index (χ2n) is 5.45. The zero-order valence-electron chi connectivity index (χ0n) is 11.8. The molecule has 0 unspecified atom stereocenters. The standard InChI is InChI=1S/C14H19N3O4/c18-14-1-2-16(10-14)12-7-11(8-13(9-12)17(19)20)15-3-5-21-6-4-15/h7-9,14,18H,1-6,10H2/t14-/m0/s1. The van der Waals surface area contributed by atoms with Gasteiger partial charge in [0, 0.05) is 49.7 Å². The molecule has 7 nitrogen and oxygen atoms in total. The van der Waals surface area contributed by atoms with E-state index in [1.54, 1.807) is 12.1 Å². The summed E-state index contributed by atoms with van der Waals surface area (Å²) in [6.45, 7) is 4.02. The maximum absolute atomic E-state index is 11.2. The third-order valence-corrected chi connectivity index (χ3v) is 4.00. The average molecular weight is 293 g/mol. The molecule has 0 saturated carbocycles. The molecule has 0 radical (unpaired) electrons. The Morgan fingerprint density at radius 1 is 1.14 bits per heavy atom. The molecule has 1 atom stereocenters. The molecule has 0 aromatic heterocycles. The zero-order chi connectivity index (χ0) is 14.8. The van der Waals surface area contributed by atoms with Gasteiger partial charge in [0.05, 0.1) is 24.2 Å². The number of morpholine rings is 1. The summed E-state index contributed by atoms with van der Waals surface area (Å²) in [6, 6.07) is 5.17. The number of benzene rings is 1. The topological polar surface area (TPSA) is 79.1 Å². The van der Waals surface area contributed by atoms with Crippen LogP contribution in [0.2, 0.25) is 0 Å². The Labute approximate surface area is 122 Å². The summed E-state index contributed by atoms with van der Waals surface area (Å²) in [5.41, 5.74) is 1.75. The summed E-state index contributed by atoms with van der Waals surface area (Å²) in [5, 5.41) is 20.8. The molecule has 2 saturated heterocycles. The summed E-state index contributed by atoms with van der Waals surface area (Å²) >= 11 is 0. The molecule has 21 heavy (non-hydrogen) atoms. The Morgan fingerprint density at radius 3 is 2.38 bits per heavy atom. The third-order valence-electron chi connectivity index (χ3n) is 4.00. The van der Waals surface area contributed by atoms with E-state index in [-0.39, 0.29) is 16.7 Å². The lowest BCUT2D eigenvalue weighted by molar-refractivity contribution is -0.384. The Hall–Kier alpha value is -1.86. The highest BCUT2D eigenvalue weighted by atomic mass is 16.6. The second-order valence-corrected chi connectivity index (χ2v) is 5.45. The molecule has 2 aliphatic rings. The number of nitro benzene ring substituents is 1. The van der Waals surface area contributed by atoms with Gasteiger partial charge in [-0.05, 0) is 12.5 Å². The number of aliphatic hydroxyl groups is 1. The molecule has 2 fully saturated rings. The van der Waals surface area contributed by atoms with Crippen LogP contribution in [0, 0.1) is 10.1 Å². The minimum atomic E-state index is -0.361. The maximum Gasteiger partial charge on any atom is 0.273 e. The minimum Gasteiger partial charge on any atom is -0.391 e. The first kappa shape index (κ1) is 14.1. The first-order valence-electron chi connectivity index (χ1n) is 7.18. The first-order chi connectivity index (χ1) is 10.1. The Morgan fingerprint density at radius 2 is 1.81 bits per heavy atom. The molecule has 1 aromatic rings. The maximum atomic E-state index is 11.2. The van der Waals surface area contributed by atoms with E-state index in [0.717, 1.165) is 31.0 Å². The number of nitrogens with zero attached hydrogens (tertiary/aromatic N) is 3. The van der Waals surface area contributed by atoms with Crippen molar-refractivity contribution >= 4 is 17.1 Å². The normalized spacial score (nSPS) is 22.6. The number of ether oxygens (including phenoxy) is 1. The van der Waals surface area contributed by atoms with Gasteiger partial charge in [0.2, 0.25) is 0 Å². The number of rotatable bonds is 3. The summed E-state index contributed by atoms with van der Waals surface area (Å²) in [7, 11) is 0. The van der Waals surface area contributed by atoms with E-state index in [4.69, 9.17) is 4.74 Å². The fourth-order valence-corrected chi connectivity index (χ4v) is 2.85. The fourth-order valence-electron chi connectivity index (χ4n) is 2.85. The molecule has 0 aliphatic carbocycles. The monoisotopic (exact) mass is 293 g/mol. The van der Waals surface area contributed by atoms with Crippen LogP contribution in [0.15, 0.2) is 18.2 Å².